The maximum absolute atomic E-state index is 10.8. The molecule has 0 aromatic carbocycles. The van der Waals surface area contributed by atoms with E-state index >= 15 is 0 Å². The van der Waals surface area contributed by atoms with E-state index < -0.39 is 61.7 Å². The van der Waals surface area contributed by atoms with Crippen LogP contribution in [0.15, 0.2) is 0 Å². The van der Waals surface area contributed by atoms with Crippen LogP contribution in [0.25, 0.3) is 0 Å². The van der Waals surface area contributed by atoms with E-state index in [0.29, 0.717) is 38.5 Å². The summed E-state index contributed by atoms with van der Waals surface area (Å²) >= 11 is 0. The van der Waals surface area contributed by atoms with Gasteiger partial charge in [0.15, 0.2) is 18.5 Å². The monoisotopic (exact) mass is 479 g/mol. The molecule has 0 spiro atoms. The average molecular weight is 480 g/mol. The number of aliphatic hydroxyl groups is 9. The van der Waals surface area contributed by atoms with Gasteiger partial charge in [-0.15, -0.1) is 0 Å². The molecule has 192 valence electrons. The van der Waals surface area contributed by atoms with Crippen LogP contribution < -0.4 is 0 Å². The Kier molecular flexibility index (Phi) is 8.29. The minimum absolute atomic E-state index is 0.0840. The summed E-state index contributed by atoms with van der Waals surface area (Å²) in [5.74, 6) is -0.263. The van der Waals surface area contributed by atoms with Crippen molar-refractivity contribution in [1.82, 2.24) is 0 Å². The number of aliphatic hydroxyl groups excluding tert-OH is 7. The van der Waals surface area contributed by atoms with Gasteiger partial charge in [-0.25, -0.2) is 0 Å². The molecule has 11 nitrogen and oxygen atoms in total. The highest BCUT2D eigenvalue weighted by molar-refractivity contribution is 4.98. The van der Waals surface area contributed by atoms with Gasteiger partial charge in [0.2, 0.25) is 0 Å². The molecule has 33 heavy (non-hydrogen) atoms. The molecule has 14 atom stereocenters. The molecular weight excluding hydrogens is 440 g/mol. The normalized spacial score (nSPS) is 53.5. The first-order valence-corrected chi connectivity index (χ1v) is 12.0. The zero-order valence-corrected chi connectivity index (χ0v) is 18.8. The Morgan fingerprint density at radius 2 is 1.61 bits per heavy atom. The summed E-state index contributed by atoms with van der Waals surface area (Å²) in [7, 11) is 1.61. The van der Waals surface area contributed by atoms with E-state index in [1.807, 2.05) is 0 Å². The van der Waals surface area contributed by atoms with Crippen LogP contribution in [-0.2, 0) is 14.2 Å². The predicted octanol–water partition coefficient (Wildman–Crippen LogP) is -2.85. The number of rotatable bonds is 5. The van der Waals surface area contributed by atoms with Crippen molar-refractivity contribution in [2.45, 2.75) is 112 Å². The van der Waals surface area contributed by atoms with Crippen molar-refractivity contribution in [1.29, 1.82) is 0 Å². The van der Waals surface area contributed by atoms with Gasteiger partial charge < -0.3 is 54.7 Å². The SMILES string of the molecule is COC1CC(O)C2CC(OC3OC(CO)C(O)C(O)C3O)C(C3CCC(O)C(O)C3)[OH+]C2C1. The summed E-state index contributed by atoms with van der Waals surface area (Å²) in [5.41, 5.74) is 0. The molecule has 0 amide bonds. The molecule has 2 heterocycles. The van der Waals surface area contributed by atoms with Gasteiger partial charge >= 0.3 is 0 Å². The highest BCUT2D eigenvalue weighted by Gasteiger charge is 2.54. The van der Waals surface area contributed by atoms with Crippen LogP contribution in [0.3, 0.4) is 0 Å². The Hall–Kier alpha value is -0.440. The summed E-state index contributed by atoms with van der Waals surface area (Å²) in [5, 5.41) is 71.2. The highest BCUT2D eigenvalue weighted by Crippen LogP contribution is 2.42. The summed E-state index contributed by atoms with van der Waals surface area (Å²) < 4.78 is 22.2. The fourth-order valence-corrected chi connectivity index (χ4v) is 6.03. The quantitative estimate of drug-likeness (QED) is 0.203. The van der Waals surface area contributed by atoms with Crippen molar-refractivity contribution in [2.75, 3.05) is 13.7 Å². The molecule has 14 unspecified atom stereocenters. The minimum atomic E-state index is -1.55. The van der Waals surface area contributed by atoms with Crippen molar-refractivity contribution < 1.29 is 54.7 Å². The number of methoxy groups -OCH3 is 1. The maximum atomic E-state index is 10.8. The summed E-state index contributed by atoms with van der Waals surface area (Å²) in [4.78, 5) is 0. The largest absolute Gasteiger partial charge is 0.427 e. The second kappa shape index (κ2) is 10.7. The van der Waals surface area contributed by atoms with E-state index in [1.54, 1.807) is 7.11 Å². The Labute approximate surface area is 192 Å². The minimum Gasteiger partial charge on any atom is -0.427 e. The molecule has 2 aliphatic carbocycles. The number of ether oxygens (including phenoxy) is 4. The fourth-order valence-electron chi connectivity index (χ4n) is 6.03. The summed E-state index contributed by atoms with van der Waals surface area (Å²) in [6.45, 7) is -0.558. The van der Waals surface area contributed by atoms with Crippen LogP contribution in [0, 0.1) is 11.8 Å². The van der Waals surface area contributed by atoms with Gasteiger partial charge in [0.25, 0.3) is 0 Å². The third-order valence-electron chi connectivity index (χ3n) is 8.04. The smallest absolute Gasteiger partial charge is 0.187 e. The molecule has 0 radical (unpaired) electrons. The molecule has 4 fully saturated rings. The Morgan fingerprint density at radius 3 is 2.27 bits per heavy atom. The van der Waals surface area contributed by atoms with E-state index in [2.05, 4.69) is 0 Å². The van der Waals surface area contributed by atoms with E-state index in [-0.39, 0.29) is 30.1 Å². The first kappa shape index (κ1) is 25.6. The van der Waals surface area contributed by atoms with Gasteiger partial charge in [0, 0.05) is 25.9 Å². The van der Waals surface area contributed by atoms with Crippen LogP contribution in [0.4, 0.5) is 0 Å². The predicted molar refractivity (Wildman–Crippen MR) is 112 cm³/mol. The van der Waals surface area contributed by atoms with Crippen LogP contribution in [0.2, 0.25) is 0 Å². The first-order valence-electron chi connectivity index (χ1n) is 12.0. The Bertz CT molecular complexity index is 635. The summed E-state index contributed by atoms with van der Waals surface area (Å²) in [6, 6.07) is 0. The second-order valence-corrected chi connectivity index (χ2v) is 10.1. The fraction of sp³-hybridized carbons (Fsp3) is 1.00. The Balaban J connectivity index is 1.54. The van der Waals surface area contributed by atoms with Crippen molar-refractivity contribution >= 4 is 0 Å². The van der Waals surface area contributed by atoms with Crippen molar-refractivity contribution in [2.24, 2.45) is 11.8 Å². The number of hydrogen-bond acceptors (Lipinski definition) is 10. The topological polar surface area (TPSA) is 182 Å². The van der Waals surface area contributed by atoms with Gasteiger partial charge in [-0.05, 0) is 25.7 Å². The molecule has 8 N–H and O–H groups in total. The maximum Gasteiger partial charge on any atom is 0.187 e. The van der Waals surface area contributed by atoms with E-state index in [1.165, 1.54) is 0 Å². The van der Waals surface area contributed by atoms with Gasteiger partial charge in [-0.1, -0.05) is 0 Å². The van der Waals surface area contributed by atoms with E-state index in [9.17, 15) is 35.7 Å². The van der Waals surface area contributed by atoms with Gasteiger partial charge in [0.05, 0.1) is 36.9 Å². The molecule has 0 bridgehead atoms. The molecule has 2 saturated heterocycles. The zero-order valence-electron chi connectivity index (χ0n) is 18.8. The van der Waals surface area contributed by atoms with Crippen molar-refractivity contribution in [3.05, 3.63) is 0 Å². The lowest BCUT2D eigenvalue weighted by molar-refractivity contribution is -0.356. The highest BCUT2D eigenvalue weighted by atomic mass is 16.7. The lowest BCUT2D eigenvalue weighted by Gasteiger charge is -2.48. The molecule has 2 saturated carbocycles. The molecule has 0 aromatic rings. The van der Waals surface area contributed by atoms with Crippen LogP contribution in [0.1, 0.15) is 38.5 Å². The first-order chi connectivity index (χ1) is 15.7. The van der Waals surface area contributed by atoms with Crippen LogP contribution in [0.5, 0.6) is 0 Å². The second-order valence-electron chi connectivity index (χ2n) is 10.1. The van der Waals surface area contributed by atoms with E-state index in [4.69, 9.17) is 18.9 Å². The van der Waals surface area contributed by atoms with Gasteiger partial charge in [-0.2, -0.15) is 0 Å². The van der Waals surface area contributed by atoms with Gasteiger partial charge in [0.1, 0.15) is 30.5 Å². The van der Waals surface area contributed by atoms with Crippen LogP contribution >= 0.6 is 0 Å². The van der Waals surface area contributed by atoms with Crippen LogP contribution in [-0.4, -0.2) is 128 Å². The third-order valence-corrected chi connectivity index (χ3v) is 8.04. The van der Waals surface area contributed by atoms with E-state index in [0.717, 1.165) is 0 Å². The summed E-state index contributed by atoms with van der Waals surface area (Å²) in [6.07, 6.45) is -7.48. The van der Waals surface area contributed by atoms with Crippen molar-refractivity contribution in [3.63, 3.8) is 0 Å². The van der Waals surface area contributed by atoms with Crippen molar-refractivity contribution in [3.8, 4) is 0 Å². The molecule has 0 aromatic heterocycles. The third kappa shape index (κ3) is 5.24. The average Bonchev–Trinajstić information content (AvgIpc) is 2.81. The molecule has 2 aliphatic heterocycles. The lowest BCUT2D eigenvalue weighted by atomic mass is 9.72. The number of hydrogen-bond donors (Lipinski definition) is 7. The number of fused-ring (bicyclic) bond motifs is 1. The molecule has 11 heteroatoms. The zero-order chi connectivity index (χ0) is 23.9. The standard InChI is InChI=1S/C22H38O11/c1-30-10-5-13(25)11-7-16(32-22-20(29)19(28)18(27)17(8-23)33-22)21(31-15(11)6-10)9-2-3-12(24)14(26)4-9/h9-29H,2-8H2,1H3/p+1. The molecular formula is C22H39O11+. The molecule has 4 rings (SSSR count). The Morgan fingerprint density at radius 1 is 0.848 bits per heavy atom. The molecule has 4 aliphatic rings. The lowest BCUT2D eigenvalue weighted by Crippen LogP contribution is -2.63. The van der Waals surface area contributed by atoms with Gasteiger partial charge in [-0.3, -0.25) is 0 Å².